The van der Waals surface area contributed by atoms with Crippen LogP contribution < -0.4 is 0 Å². The number of ether oxygens (including phenoxy) is 1. The number of benzene rings is 1. The predicted molar refractivity (Wildman–Crippen MR) is 63.3 cm³/mol. The molecular formula is C14H18O2. The van der Waals surface area contributed by atoms with Gasteiger partial charge < -0.3 is 4.74 Å². The highest BCUT2D eigenvalue weighted by Crippen LogP contribution is 2.19. The number of hydrogen-bond acceptors (Lipinski definition) is 2. The molecule has 1 aromatic carbocycles. The van der Waals surface area contributed by atoms with Crippen molar-refractivity contribution < 1.29 is 9.53 Å². The standard InChI is InChI=1S/C14H18O2/c15-14(10-12-4-2-1-3-5-12)11-13-6-8-16-9-7-13/h1-5,13H,6-11H2. The number of Topliss-reactive ketones (excluding diaryl/α,β-unsaturated/α-hetero) is 1. The van der Waals surface area contributed by atoms with E-state index >= 15 is 0 Å². The first kappa shape index (κ1) is 11.3. The minimum atomic E-state index is 0.359. The zero-order chi connectivity index (χ0) is 11.2. The number of hydrogen-bond donors (Lipinski definition) is 0. The molecule has 0 N–H and O–H groups in total. The molecule has 2 heteroatoms. The molecule has 0 aromatic heterocycles. The number of rotatable bonds is 4. The summed E-state index contributed by atoms with van der Waals surface area (Å²) in [6, 6.07) is 9.98. The molecule has 1 aliphatic rings. The Kier molecular flexibility index (Phi) is 4.11. The molecule has 0 aliphatic carbocycles. The third-order valence-corrected chi connectivity index (χ3v) is 3.10. The van der Waals surface area contributed by atoms with Gasteiger partial charge in [0.15, 0.2) is 0 Å². The zero-order valence-corrected chi connectivity index (χ0v) is 9.52. The first-order valence-electron chi connectivity index (χ1n) is 5.98. The summed E-state index contributed by atoms with van der Waals surface area (Å²) in [7, 11) is 0. The van der Waals surface area contributed by atoms with Crippen LogP contribution in [0.1, 0.15) is 24.8 Å². The third kappa shape index (κ3) is 3.46. The van der Waals surface area contributed by atoms with E-state index in [2.05, 4.69) is 0 Å². The van der Waals surface area contributed by atoms with Crippen LogP contribution in [0.5, 0.6) is 0 Å². The maximum absolute atomic E-state index is 11.8. The first-order chi connectivity index (χ1) is 7.84. The lowest BCUT2D eigenvalue weighted by Gasteiger charge is -2.21. The van der Waals surface area contributed by atoms with Crippen LogP contribution in [0.25, 0.3) is 0 Å². The average molecular weight is 218 g/mol. The Balaban J connectivity index is 1.80. The molecule has 0 spiro atoms. The molecule has 1 aliphatic heterocycles. The summed E-state index contributed by atoms with van der Waals surface area (Å²) >= 11 is 0. The van der Waals surface area contributed by atoms with Gasteiger partial charge in [-0.15, -0.1) is 0 Å². The molecular weight excluding hydrogens is 200 g/mol. The fourth-order valence-corrected chi connectivity index (χ4v) is 2.17. The van der Waals surface area contributed by atoms with E-state index in [0.717, 1.165) is 38.0 Å². The van der Waals surface area contributed by atoms with Gasteiger partial charge in [0.1, 0.15) is 5.78 Å². The van der Waals surface area contributed by atoms with Crippen molar-refractivity contribution in [1.82, 2.24) is 0 Å². The molecule has 2 nitrogen and oxygen atoms in total. The van der Waals surface area contributed by atoms with Gasteiger partial charge in [-0.25, -0.2) is 0 Å². The number of ketones is 1. The van der Waals surface area contributed by atoms with Gasteiger partial charge in [-0.3, -0.25) is 4.79 Å². The summed E-state index contributed by atoms with van der Waals surface area (Å²) in [6.45, 7) is 1.65. The van der Waals surface area contributed by atoms with E-state index in [1.54, 1.807) is 0 Å². The molecule has 2 rings (SSSR count). The van der Waals surface area contributed by atoms with Crippen LogP contribution in [0.3, 0.4) is 0 Å². The van der Waals surface area contributed by atoms with E-state index in [0.29, 0.717) is 18.1 Å². The van der Waals surface area contributed by atoms with Crippen LogP contribution in [-0.2, 0) is 16.0 Å². The van der Waals surface area contributed by atoms with Gasteiger partial charge in [-0.1, -0.05) is 30.3 Å². The lowest BCUT2D eigenvalue weighted by atomic mass is 9.92. The van der Waals surface area contributed by atoms with Crippen molar-refractivity contribution in [3.8, 4) is 0 Å². The average Bonchev–Trinajstić information content (AvgIpc) is 2.31. The van der Waals surface area contributed by atoms with Gasteiger partial charge >= 0.3 is 0 Å². The fourth-order valence-electron chi connectivity index (χ4n) is 2.17. The van der Waals surface area contributed by atoms with Crippen molar-refractivity contribution in [2.45, 2.75) is 25.7 Å². The summed E-state index contributed by atoms with van der Waals surface area (Å²) < 4.78 is 5.29. The SMILES string of the molecule is O=C(Cc1ccccc1)CC1CCOCC1. The van der Waals surface area contributed by atoms with E-state index in [1.807, 2.05) is 30.3 Å². The molecule has 1 heterocycles. The second kappa shape index (κ2) is 5.80. The van der Waals surface area contributed by atoms with E-state index in [-0.39, 0.29) is 0 Å². The summed E-state index contributed by atoms with van der Waals surface area (Å²) in [5, 5.41) is 0. The van der Waals surface area contributed by atoms with Crippen molar-refractivity contribution in [3.63, 3.8) is 0 Å². The van der Waals surface area contributed by atoms with Gasteiger partial charge in [0.25, 0.3) is 0 Å². The number of carbonyl (C=O) groups excluding carboxylic acids is 1. The molecule has 0 bridgehead atoms. The molecule has 0 radical (unpaired) electrons. The molecule has 1 aromatic rings. The van der Waals surface area contributed by atoms with Gasteiger partial charge in [-0.2, -0.15) is 0 Å². The van der Waals surface area contributed by atoms with Crippen LogP contribution in [0, 0.1) is 5.92 Å². The second-order valence-electron chi connectivity index (χ2n) is 4.46. The molecule has 86 valence electrons. The van der Waals surface area contributed by atoms with Crippen LogP contribution in [0.15, 0.2) is 30.3 Å². The van der Waals surface area contributed by atoms with Crippen LogP contribution in [0.4, 0.5) is 0 Å². The fraction of sp³-hybridized carbons (Fsp3) is 0.500. The Hall–Kier alpha value is -1.15. The van der Waals surface area contributed by atoms with E-state index < -0.39 is 0 Å². The minimum absolute atomic E-state index is 0.359. The summed E-state index contributed by atoms with van der Waals surface area (Å²) in [4.78, 5) is 11.8. The van der Waals surface area contributed by atoms with Gasteiger partial charge in [0, 0.05) is 26.1 Å². The highest BCUT2D eigenvalue weighted by Gasteiger charge is 2.17. The van der Waals surface area contributed by atoms with Crippen molar-refractivity contribution in [2.24, 2.45) is 5.92 Å². The Bertz CT molecular complexity index is 326. The second-order valence-corrected chi connectivity index (χ2v) is 4.46. The normalized spacial score (nSPS) is 17.2. The molecule has 1 fully saturated rings. The number of carbonyl (C=O) groups is 1. The molecule has 16 heavy (non-hydrogen) atoms. The molecule has 0 amide bonds. The van der Waals surface area contributed by atoms with Crippen LogP contribution in [-0.4, -0.2) is 19.0 Å². The van der Waals surface area contributed by atoms with Crippen molar-refractivity contribution in [2.75, 3.05) is 13.2 Å². The highest BCUT2D eigenvalue weighted by molar-refractivity contribution is 5.81. The molecule has 0 unspecified atom stereocenters. The van der Waals surface area contributed by atoms with E-state index in [9.17, 15) is 4.79 Å². The smallest absolute Gasteiger partial charge is 0.137 e. The highest BCUT2D eigenvalue weighted by atomic mass is 16.5. The monoisotopic (exact) mass is 218 g/mol. The van der Waals surface area contributed by atoms with E-state index in [1.165, 1.54) is 0 Å². The Morgan fingerprint density at radius 3 is 2.56 bits per heavy atom. The Labute approximate surface area is 96.6 Å². The van der Waals surface area contributed by atoms with Crippen LogP contribution in [0.2, 0.25) is 0 Å². The molecule has 0 atom stereocenters. The van der Waals surface area contributed by atoms with Gasteiger partial charge in [0.2, 0.25) is 0 Å². The third-order valence-electron chi connectivity index (χ3n) is 3.10. The Morgan fingerprint density at radius 2 is 1.88 bits per heavy atom. The van der Waals surface area contributed by atoms with Crippen molar-refractivity contribution in [3.05, 3.63) is 35.9 Å². The molecule has 0 saturated carbocycles. The lowest BCUT2D eigenvalue weighted by Crippen LogP contribution is -2.19. The van der Waals surface area contributed by atoms with Gasteiger partial charge in [-0.05, 0) is 24.3 Å². The summed E-state index contributed by atoms with van der Waals surface area (Å²) in [6.07, 6.45) is 3.39. The van der Waals surface area contributed by atoms with Gasteiger partial charge in [0.05, 0.1) is 0 Å². The molecule has 1 saturated heterocycles. The zero-order valence-electron chi connectivity index (χ0n) is 9.52. The first-order valence-corrected chi connectivity index (χ1v) is 5.98. The largest absolute Gasteiger partial charge is 0.381 e. The quantitative estimate of drug-likeness (QED) is 0.776. The van der Waals surface area contributed by atoms with Crippen LogP contribution >= 0.6 is 0 Å². The lowest BCUT2D eigenvalue weighted by molar-refractivity contribution is -0.120. The Morgan fingerprint density at radius 1 is 1.19 bits per heavy atom. The summed E-state index contributed by atoms with van der Waals surface area (Å²) in [5.74, 6) is 0.906. The van der Waals surface area contributed by atoms with E-state index in [4.69, 9.17) is 4.74 Å². The van der Waals surface area contributed by atoms with Crippen molar-refractivity contribution in [1.29, 1.82) is 0 Å². The maximum Gasteiger partial charge on any atom is 0.137 e. The topological polar surface area (TPSA) is 26.3 Å². The van der Waals surface area contributed by atoms with Crippen molar-refractivity contribution >= 4 is 5.78 Å². The predicted octanol–water partition coefficient (Wildman–Crippen LogP) is 2.61. The summed E-state index contributed by atoms with van der Waals surface area (Å²) in [5.41, 5.74) is 1.12. The minimum Gasteiger partial charge on any atom is -0.381 e. The maximum atomic E-state index is 11.8.